The summed E-state index contributed by atoms with van der Waals surface area (Å²) < 4.78 is 30.6. The van der Waals surface area contributed by atoms with Gasteiger partial charge in [-0.05, 0) is 49.9 Å². The molecule has 0 heterocycles. The number of rotatable bonds is 3. The van der Waals surface area contributed by atoms with E-state index in [1.165, 1.54) is 5.57 Å². The van der Waals surface area contributed by atoms with Gasteiger partial charge in [-0.25, -0.2) is 8.78 Å². The van der Waals surface area contributed by atoms with Gasteiger partial charge >= 0.3 is 5.97 Å². The zero-order valence-electron chi connectivity index (χ0n) is 11.3. The molecule has 106 valence electrons. The molecule has 0 amide bonds. The molecule has 4 saturated carbocycles. The van der Waals surface area contributed by atoms with Gasteiger partial charge in [0.05, 0.1) is 5.41 Å². The van der Waals surface area contributed by atoms with E-state index >= 15 is 0 Å². The molecule has 0 aromatic heterocycles. The molecule has 4 aliphatic rings. The minimum atomic E-state index is -2.94. The summed E-state index contributed by atoms with van der Waals surface area (Å²) in [6.07, 6.45) is 4.57. The SMILES string of the molecule is C=C1C2CC3CC1CC(C(=O)OCC(C)(F)F)(C3)C2. The Morgan fingerprint density at radius 1 is 1.37 bits per heavy atom. The molecule has 0 saturated heterocycles. The van der Waals surface area contributed by atoms with Gasteiger partial charge in [-0.15, -0.1) is 0 Å². The van der Waals surface area contributed by atoms with Crippen LogP contribution < -0.4 is 0 Å². The summed E-state index contributed by atoms with van der Waals surface area (Å²) in [6, 6.07) is 0. The molecule has 4 heteroatoms. The molecule has 4 fully saturated rings. The van der Waals surface area contributed by atoms with Crippen molar-refractivity contribution in [1.82, 2.24) is 0 Å². The normalized spacial score (nSPS) is 40.6. The number of carbonyl (C=O) groups is 1. The fourth-order valence-electron chi connectivity index (χ4n) is 4.47. The summed E-state index contributed by atoms with van der Waals surface area (Å²) in [5.41, 5.74) is 0.781. The minimum absolute atomic E-state index is 0.402. The van der Waals surface area contributed by atoms with E-state index < -0.39 is 23.9 Å². The number of hydrogen-bond donors (Lipinski definition) is 0. The van der Waals surface area contributed by atoms with Crippen molar-refractivity contribution < 1.29 is 18.3 Å². The average Bonchev–Trinajstić information content (AvgIpc) is 2.30. The Balaban J connectivity index is 1.74. The Morgan fingerprint density at radius 3 is 2.47 bits per heavy atom. The number of halogens is 2. The molecule has 4 aliphatic carbocycles. The molecule has 0 aromatic carbocycles. The van der Waals surface area contributed by atoms with Crippen LogP contribution in [0.15, 0.2) is 12.2 Å². The molecule has 0 N–H and O–H groups in total. The highest BCUT2D eigenvalue weighted by atomic mass is 19.3. The van der Waals surface area contributed by atoms with Crippen LogP contribution in [0, 0.1) is 23.2 Å². The molecule has 0 aromatic rings. The lowest BCUT2D eigenvalue weighted by Crippen LogP contribution is -2.51. The Bertz CT molecular complexity index is 406. The van der Waals surface area contributed by atoms with E-state index in [9.17, 15) is 13.6 Å². The molecule has 4 bridgehead atoms. The highest BCUT2D eigenvalue weighted by Gasteiger charge is 2.57. The average molecular weight is 270 g/mol. The molecule has 19 heavy (non-hydrogen) atoms. The molecule has 0 aliphatic heterocycles. The zero-order chi connectivity index (χ0) is 13.8. The zero-order valence-corrected chi connectivity index (χ0v) is 11.3. The molecule has 2 atom stereocenters. The van der Waals surface area contributed by atoms with Crippen LogP contribution in [0.1, 0.15) is 39.0 Å². The van der Waals surface area contributed by atoms with Gasteiger partial charge in [0, 0.05) is 6.92 Å². The van der Waals surface area contributed by atoms with Crippen LogP contribution in [-0.2, 0) is 9.53 Å². The first kappa shape index (κ1) is 13.1. The van der Waals surface area contributed by atoms with Crippen LogP contribution in [0.25, 0.3) is 0 Å². The second-order valence-electron chi connectivity index (χ2n) is 6.85. The van der Waals surface area contributed by atoms with Gasteiger partial charge in [-0.1, -0.05) is 12.2 Å². The van der Waals surface area contributed by atoms with E-state index in [0.29, 0.717) is 17.8 Å². The van der Waals surface area contributed by atoms with E-state index in [2.05, 4.69) is 6.58 Å². The maximum atomic E-state index is 12.8. The van der Waals surface area contributed by atoms with E-state index in [1.807, 2.05) is 0 Å². The van der Waals surface area contributed by atoms with Crippen molar-refractivity contribution in [2.45, 2.75) is 45.0 Å². The van der Waals surface area contributed by atoms with Crippen molar-refractivity contribution in [3.05, 3.63) is 12.2 Å². The van der Waals surface area contributed by atoms with E-state index in [1.54, 1.807) is 0 Å². The topological polar surface area (TPSA) is 26.3 Å². The Kier molecular flexibility index (Phi) is 2.77. The van der Waals surface area contributed by atoms with Gasteiger partial charge < -0.3 is 4.74 Å². The quantitative estimate of drug-likeness (QED) is 0.579. The van der Waals surface area contributed by atoms with Crippen LogP contribution >= 0.6 is 0 Å². The summed E-state index contributed by atoms with van der Waals surface area (Å²) in [5, 5.41) is 0. The lowest BCUT2D eigenvalue weighted by molar-refractivity contribution is -0.176. The number of alkyl halides is 2. The molecule has 2 unspecified atom stereocenters. The van der Waals surface area contributed by atoms with Gasteiger partial charge in [0.25, 0.3) is 5.92 Å². The van der Waals surface area contributed by atoms with Crippen LogP contribution in [0.3, 0.4) is 0 Å². The third-order valence-corrected chi connectivity index (χ3v) is 5.13. The highest BCUT2D eigenvalue weighted by molar-refractivity contribution is 5.78. The van der Waals surface area contributed by atoms with Crippen molar-refractivity contribution in [2.24, 2.45) is 23.2 Å². The van der Waals surface area contributed by atoms with Crippen LogP contribution in [-0.4, -0.2) is 18.5 Å². The number of esters is 1. The Labute approximate surface area is 112 Å². The minimum Gasteiger partial charge on any atom is -0.459 e. The van der Waals surface area contributed by atoms with Crippen molar-refractivity contribution in [3.8, 4) is 0 Å². The van der Waals surface area contributed by atoms with Gasteiger partial charge in [0.2, 0.25) is 0 Å². The van der Waals surface area contributed by atoms with E-state index in [0.717, 1.165) is 39.0 Å². The maximum Gasteiger partial charge on any atom is 0.312 e. The number of hydrogen-bond acceptors (Lipinski definition) is 2. The van der Waals surface area contributed by atoms with Crippen LogP contribution in [0.5, 0.6) is 0 Å². The fourth-order valence-corrected chi connectivity index (χ4v) is 4.47. The number of carbonyl (C=O) groups excluding carboxylic acids is 1. The molecular weight excluding hydrogens is 250 g/mol. The second-order valence-corrected chi connectivity index (χ2v) is 6.85. The Morgan fingerprint density at radius 2 is 1.95 bits per heavy atom. The summed E-state index contributed by atoms with van der Waals surface area (Å²) in [7, 11) is 0. The largest absolute Gasteiger partial charge is 0.459 e. The molecule has 4 rings (SSSR count). The summed E-state index contributed by atoms with van der Waals surface area (Å²) in [4.78, 5) is 12.3. The van der Waals surface area contributed by atoms with Gasteiger partial charge in [-0.2, -0.15) is 0 Å². The smallest absolute Gasteiger partial charge is 0.312 e. The predicted octanol–water partition coefficient (Wildman–Crippen LogP) is 3.57. The van der Waals surface area contributed by atoms with Gasteiger partial charge in [-0.3, -0.25) is 4.79 Å². The number of ether oxygens (including phenoxy) is 1. The molecular formula is C15H20F2O2. The Hall–Kier alpha value is -0.930. The van der Waals surface area contributed by atoms with Crippen molar-refractivity contribution in [3.63, 3.8) is 0 Å². The van der Waals surface area contributed by atoms with Crippen molar-refractivity contribution >= 4 is 5.97 Å². The summed E-state index contributed by atoms with van der Waals surface area (Å²) >= 11 is 0. The monoisotopic (exact) mass is 270 g/mol. The summed E-state index contributed by atoms with van der Waals surface area (Å²) in [6.45, 7) is 4.14. The van der Waals surface area contributed by atoms with Crippen molar-refractivity contribution in [2.75, 3.05) is 6.61 Å². The standard InChI is InChI=1S/C15H20F2O2/c1-9-11-3-10-4-12(9)7-15(5-10,6-11)13(18)19-8-14(2,16)17/h10-12H,1,3-8H2,2H3. The third kappa shape index (κ3) is 2.19. The lowest BCUT2D eigenvalue weighted by atomic mass is 9.48. The first-order chi connectivity index (χ1) is 8.79. The molecule has 0 radical (unpaired) electrons. The van der Waals surface area contributed by atoms with E-state index in [4.69, 9.17) is 4.74 Å². The van der Waals surface area contributed by atoms with Crippen LogP contribution in [0.2, 0.25) is 0 Å². The fraction of sp³-hybridized carbons (Fsp3) is 0.800. The molecule has 0 spiro atoms. The highest BCUT2D eigenvalue weighted by Crippen LogP contribution is 2.62. The third-order valence-electron chi connectivity index (χ3n) is 5.13. The maximum absolute atomic E-state index is 12.8. The first-order valence-corrected chi connectivity index (χ1v) is 7.03. The van der Waals surface area contributed by atoms with Crippen molar-refractivity contribution in [1.29, 1.82) is 0 Å². The van der Waals surface area contributed by atoms with Crippen LogP contribution in [0.4, 0.5) is 8.78 Å². The second kappa shape index (κ2) is 4.03. The van der Waals surface area contributed by atoms with Gasteiger partial charge in [0.15, 0.2) is 6.61 Å². The lowest BCUT2D eigenvalue weighted by Gasteiger charge is -2.56. The van der Waals surface area contributed by atoms with E-state index in [-0.39, 0.29) is 0 Å². The first-order valence-electron chi connectivity index (χ1n) is 7.03. The summed E-state index contributed by atoms with van der Waals surface area (Å²) in [5.74, 6) is -1.98. The predicted molar refractivity (Wildman–Crippen MR) is 66.7 cm³/mol. The van der Waals surface area contributed by atoms with Gasteiger partial charge in [0.1, 0.15) is 0 Å². The molecule has 2 nitrogen and oxygen atoms in total. The number of allylic oxidation sites excluding steroid dienone is 1.